The van der Waals surface area contributed by atoms with E-state index in [4.69, 9.17) is 0 Å². The van der Waals surface area contributed by atoms with Crippen molar-refractivity contribution in [2.75, 3.05) is 6.54 Å². The zero-order chi connectivity index (χ0) is 15.5. The first-order chi connectivity index (χ1) is 11.4. The van der Waals surface area contributed by atoms with Gasteiger partial charge in [0.05, 0.1) is 5.69 Å². The minimum Gasteiger partial charge on any atom is -0.329 e. The molecular formula is C19H20N4. The number of imidazole rings is 1. The van der Waals surface area contributed by atoms with Gasteiger partial charge in [0.15, 0.2) is 0 Å². The molecule has 23 heavy (non-hydrogen) atoms. The predicted molar refractivity (Wildman–Crippen MR) is 89.8 cm³/mol. The Morgan fingerprint density at radius 2 is 1.74 bits per heavy atom. The zero-order valence-electron chi connectivity index (χ0n) is 13.1. The number of aromatic nitrogens is 3. The Labute approximate surface area is 136 Å². The minimum atomic E-state index is 0.908. The summed E-state index contributed by atoms with van der Waals surface area (Å²) in [6, 6.07) is 14.7. The highest BCUT2D eigenvalue weighted by molar-refractivity contribution is 5.21. The molecule has 0 bridgehead atoms. The molecule has 0 radical (unpaired) electrons. The molecule has 1 aliphatic heterocycles. The summed E-state index contributed by atoms with van der Waals surface area (Å²) in [5.74, 6) is 1.18. The van der Waals surface area contributed by atoms with Crippen molar-refractivity contribution in [1.82, 2.24) is 19.4 Å². The molecular weight excluding hydrogens is 284 g/mol. The van der Waals surface area contributed by atoms with E-state index in [0.717, 1.165) is 32.6 Å². The molecule has 4 rings (SSSR count). The third-order valence-corrected chi connectivity index (χ3v) is 4.41. The van der Waals surface area contributed by atoms with Crippen LogP contribution in [0.4, 0.5) is 0 Å². The van der Waals surface area contributed by atoms with E-state index in [0.29, 0.717) is 0 Å². The van der Waals surface area contributed by atoms with Crippen molar-refractivity contribution in [3.05, 3.63) is 83.7 Å². The maximum Gasteiger partial charge on any atom is 0.113 e. The molecule has 0 N–H and O–H groups in total. The van der Waals surface area contributed by atoms with E-state index < -0.39 is 0 Å². The number of rotatable bonds is 4. The summed E-state index contributed by atoms with van der Waals surface area (Å²) in [7, 11) is 0. The summed E-state index contributed by atoms with van der Waals surface area (Å²) in [5, 5.41) is 0. The third kappa shape index (κ3) is 3.17. The summed E-state index contributed by atoms with van der Waals surface area (Å²) in [4.78, 5) is 11.2. The quantitative estimate of drug-likeness (QED) is 0.743. The van der Waals surface area contributed by atoms with Crippen LogP contribution >= 0.6 is 0 Å². The standard InChI is InChI=1S/C19H20N4/c1-2-4-16(5-3-1)12-19-21-13-18-15-22(10-11-23(18)19)14-17-6-8-20-9-7-17/h1-9,13H,10-12,14-15H2. The van der Waals surface area contributed by atoms with Crippen LogP contribution in [0.1, 0.15) is 22.6 Å². The Balaban J connectivity index is 1.47. The second kappa shape index (κ2) is 6.34. The maximum atomic E-state index is 4.66. The van der Waals surface area contributed by atoms with Crippen LogP contribution in [-0.4, -0.2) is 26.0 Å². The molecule has 1 aromatic carbocycles. The molecule has 0 unspecified atom stereocenters. The number of nitrogens with zero attached hydrogens (tertiary/aromatic N) is 4. The van der Waals surface area contributed by atoms with Crippen molar-refractivity contribution in [2.45, 2.75) is 26.1 Å². The van der Waals surface area contributed by atoms with Crippen LogP contribution in [0.15, 0.2) is 61.1 Å². The van der Waals surface area contributed by atoms with Crippen LogP contribution < -0.4 is 0 Å². The average Bonchev–Trinajstić information content (AvgIpc) is 2.99. The SMILES string of the molecule is c1ccc(Cc2ncc3n2CCN(Cc2ccncc2)C3)cc1. The van der Waals surface area contributed by atoms with E-state index in [-0.39, 0.29) is 0 Å². The molecule has 1 aliphatic rings. The second-order valence-corrected chi connectivity index (χ2v) is 6.05. The predicted octanol–water partition coefficient (Wildman–Crippen LogP) is 2.88. The van der Waals surface area contributed by atoms with E-state index in [9.17, 15) is 0 Å². The molecule has 3 heterocycles. The largest absolute Gasteiger partial charge is 0.329 e. The Bertz CT molecular complexity index is 765. The molecule has 2 aromatic heterocycles. The first kappa shape index (κ1) is 14.2. The number of benzene rings is 1. The van der Waals surface area contributed by atoms with E-state index >= 15 is 0 Å². The Kier molecular flexibility index (Phi) is 3.90. The third-order valence-electron chi connectivity index (χ3n) is 4.41. The van der Waals surface area contributed by atoms with Gasteiger partial charge in [0, 0.05) is 51.2 Å². The van der Waals surface area contributed by atoms with Crippen LogP contribution in [0.5, 0.6) is 0 Å². The van der Waals surface area contributed by atoms with Gasteiger partial charge in [0.1, 0.15) is 5.82 Å². The minimum absolute atomic E-state index is 0.908. The van der Waals surface area contributed by atoms with Crippen molar-refractivity contribution in [3.63, 3.8) is 0 Å². The second-order valence-electron chi connectivity index (χ2n) is 6.05. The van der Waals surface area contributed by atoms with E-state index in [1.54, 1.807) is 0 Å². The van der Waals surface area contributed by atoms with Gasteiger partial charge >= 0.3 is 0 Å². The molecule has 0 amide bonds. The van der Waals surface area contributed by atoms with Gasteiger partial charge in [0.25, 0.3) is 0 Å². The van der Waals surface area contributed by atoms with Crippen LogP contribution in [-0.2, 0) is 26.1 Å². The van der Waals surface area contributed by atoms with Gasteiger partial charge in [-0.05, 0) is 23.3 Å². The van der Waals surface area contributed by atoms with Crippen molar-refractivity contribution < 1.29 is 0 Å². The lowest BCUT2D eigenvalue weighted by Gasteiger charge is -2.28. The Hall–Kier alpha value is -2.46. The summed E-state index contributed by atoms with van der Waals surface area (Å²) in [5.41, 5.74) is 3.95. The highest BCUT2D eigenvalue weighted by atomic mass is 15.2. The number of hydrogen-bond donors (Lipinski definition) is 0. The van der Waals surface area contributed by atoms with Gasteiger partial charge in [-0.2, -0.15) is 0 Å². The summed E-state index contributed by atoms with van der Waals surface area (Å²) in [6.07, 6.45) is 6.67. The number of pyridine rings is 1. The Morgan fingerprint density at radius 3 is 2.57 bits per heavy atom. The highest BCUT2D eigenvalue weighted by Crippen LogP contribution is 2.18. The number of fused-ring (bicyclic) bond motifs is 1. The fraction of sp³-hybridized carbons (Fsp3) is 0.263. The van der Waals surface area contributed by atoms with Gasteiger partial charge in [-0.3, -0.25) is 9.88 Å². The molecule has 116 valence electrons. The smallest absolute Gasteiger partial charge is 0.113 e. The van der Waals surface area contributed by atoms with Crippen molar-refractivity contribution >= 4 is 0 Å². The fourth-order valence-electron chi connectivity index (χ4n) is 3.20. The normalized spacial score (nSPS) is 14.6. The lowest BCUT2D eigenvalue weighted by Crippen LogP contribution is -2.33. The van der Waals surface area contributed by atoms with Gasteiger partial charge < -0.3 is 4.57 Å². The monoisotopic (exact) mass is 304 g/mol. The zero-order valence-corrected chi connectivity index (χ0v) is 13.1. The molecule has 0 aliphatic carbocycles. The maximum absolute atomic E-state index is 4.66. The van der Waals surface area contributed by atoms with Gasteiger partial charge in [-0.1, -0.05) is 30.3 Å². The lowest BCUT2D eigenvalue weighted by atomic mass is 10.1. The molecule has 0 saturated heterocycles. The van der Waals surface area contributed by atoms with Crippen LogP contribution in [0.3, 0.4) is 0 Å². The van der Waals surface area contributed by atoms with E-state index in [2.05, 4.69) is 61.9 Å². The van der Waals surface area contributed by atoms with Crippen molar-refractivity contribution in [3.8, 4) is 0 Å². The van der Waals surface area contributed by atoms with Crippen LogP contribution in [0, 0.1) is 0 Å². The summed E-state index contributed by atoms with van der Waals surface area (Å²) >= 11 is 0. The molecule has 0 fully saturated rings. The van der Waals surface area contributed by atoms with Gasteiger partial charge in [-0.15, -0.1) is 0 Å². The van der Waals surface area contributed by atoms with E-state index in [1.807, 2.05) is 18.6 Å². The molecule has 0 saturated carbocycles. The first-order valence-corrected chi connectivity index (χ1v) is 8.07. The van der Waals surface area contributed by atoms with Crippen molar-refractivity contribution in [1.29, 1.82) is 0 Å². The molecule has 3 aromatic rings. The Morgan fingerprint density at radius 1 is 0.913 bits per heavy atom. The van der Waals surface area contributed by atoms with Crippen molar-refractivity contribution in [2.24, 2.45) is 0 Å². The fourth-order valence-corrected chi connectivity index (χ4v) is 3.20. The highest BCUT2D eigenvalue weighted by Gasteiger charge is 2.19. The first-order valence-electron chi connectivity index (χ1n) is 8.07. The van der Waals surface area contributed by atoms with E-state index in [1.165, 1.54) is 22.6 Å². The topological polar surface area (TPSA) is 34.0 Å². The summed E-state index contributed by atoms with van der Waals surface area (Å²) in [6.45, 7) is 4.02. The van der Waals surface area contributed by atoms with Crippen LogP contribution in [0.2, 0.25) is 0 Å². The molecule has 4 nitrogen and oxygen atoms in total. The lowest BCUT2D eigenvalue weighted by molar-refractivity contribution is 0.211. The summed E-state index contributed by atoms with van der Waals surface area (Å²) < 4.78 is 2.38. The van der Waals surface area contributed by atoms with Gasteiger partial charge in [0.2, 0.25) is 0 Å². The molecule has 0 atom stereocenters. The number of hydrogen-bond acceptors (Lipinski definition) is 3. The molecule has 4 heteroatoms. The van der Waals surface area contributed by atoms with Crippen LogP contribution in [0.25, 0.3) is 0 Å². The molecule has 0 spiro atoms. The van der Waals surface area contributed by atoms with Gasteiger partial charge in [-0.25, -0.2) is 4.98 Å². The average molecular weight is 304 g/mol.